The summed E-state index contributed by atoms with van der Waals surface area (Å²) >= 11 is 2.30. The molecule has 0 spiro atoms. The molecular formula is C23H24INO6S2. The van der Waals surface area contributed by atoms with Gasteiger partial charge >= 0.3 is 5.97 Å². The van der Waals surface area contributed by atoms with E-state index in [0.717, 1.165) is 12.5 Å². The number of carbonyl (C=O) groups excluding carboxylic acids is 1. The maximum absolute atomic E-state index is 12.5. The highest BCUT2D eigenvalue weighted by atomic mass is 127. The van der Waals surface area contributed by atoms with Crippen molar-refractivity contribution in [1.29, 1.82) is 0 Å². The molecule has 0 unspecified atom stereocenters. The third-order valence-corrected chi connectivity index (χ3v) is 8.49. The van der Waals surface area contributed by atoms with E-state index in [9.17, 15) is 21.6 Å². The Kier molecular flexibility index (Phi) is 9.18. The van der Waals surface area contributed by atoms with Gasteiger partial charge < -0.3 is 4.74 Å². The van der Waals surface area contributed by atoms with Gasteiger partial charge in [0.25, 0.3) is 20.0 Å². The summed E-state index contributed by atoms with van der Waals surface area (Å²) in [6.45, 7) is 6.67. The van der Waals surface area contributed by atoms with Gasteiger partial charge in [-0.25, -0.2) is 16.8 Å². The lowest BCUT2D eigenvalue weighted by atomic mass is 10.2. The van der Waals surface area contributed by atoms with Gasteiger partial charge in [0.1, 0.15) is 4.90 Å². The van der Waals surface area contributed by atoms with E-state index < -0.39 is 30.9 Å². The van der Waals surface area contributed by atoms with Crippen LogP contribution in [0.4, 0.5) is 0 Å². The van der Waals surface area contributed by atoms with Crippen LogP contribution in [-0.4, -0.2) is 22.8 Å². The van der Waals surface area contributed by atoms with E-state index in [4.69, 9.17) is 4.74 Å². The van der Waals surface area contributed by atoms with E-state index in [1.165, 1.54) is 39.5 Å². The summed E-state index contributed by atoms with van der Waals surface area (Å²) < 4.78 is 57.6. The van der Waals surface area contributed by atoms with Gasteiger partial charge in [0, 0.05) is 10.5 Å². The number of esters is 1. The topological polar surface area (TPSA) is 107 Å². The summed E-state index contributed by atoms with van der Waals surface area (Å²) in [7, 11) is -8.80. The third-order valence-electron chi connectivity index (χ3n) is 4.20. The van der Waals surface area contributed by atoms with Crippen molar-refractivity contribution in [3.8, 4) is 5.75 Å². The van der Waals surface area contributed by atoms with Crippen molar-refractivity contribution < 1.29 is 26.4 Å². The first-order chi connectivity index (χ1) is 15.3. The minimum Gasteiger partial charge on any atom is -0.425 e. The summed E-state index contributed by atoms with van der Waals surface area (Å²) in [5, 5.41) is 0. The van der Waals surface area contributed by atoms with E-state index in [1.54, 1.807) is 30.1 Å². The van der Waals surface area contributed by atoms with Crippen molar-refractivity contribution in [1.82, 2.24) is 4.13 Å². The van der Waals surface area contributed by atoms with E-state index >= 15 is 0 Å². The normalized spacial score (nSPS) is 11.3. The van der Waals surface area contributed by atoms with Gasteiger partial charge in [-0.05, 0) is 85.3 Å². The highest BCUT2D eigenvalue weighted by molar-refractivity contribution is 14.1. The van der Waals surface area contributed by atoms with Crippen LogP contribution >= 0.6 is 22.6 Å². The second kappa shape index (κ2) is 11.2. The molecule has 0 aliphatic rings. The Bertz CT molecular complexity index is 1310. The number of aryl methyl sites for hydroxylation is 3. The molecule has 0 aliphatic carbocycles. The molecule has 3 aromatic rings. The molecular weight excluding hydrogens is 577 g/mol. The van der Waals surface area contributed by atoms with Crippen LogP contribution < -0.4 is 8.86 Å². The Morgan fingerprint density at radius 3 is 1.73 bits per heavy atom. The van der Waals surface area contributed by atoms with Crippen LogP contribution in [0.3, 0.4) is 0 Å². The maximum atomic E-state index is 12.5. The summed E-state index contributed by atoms with van der Waals surface area (Å²) in [6.07, 6.45) is 0. The van der Waals surface area contributed by atoms with Gasteiger partial charge in [0.2, 0.25) is 0 Å². The van der Waals surface area contributed by atoms with Crippen LogP contribution in [0.15, 0.2) is 76.5 Å². The highest BCUT2D eigenvalue weighted by Crippen LogP contribution is 2.26. The molecule has 0 heterocycles. The maximum Gasteiger partial charge on any atom is 0.308 e. The first kappa shape index (κ1) is 27.0. The second-order valence-electron chi connectivity index (χ2n) is 7.24. The molecule has 33 heavy (non-hydrogen) atoms. The lowest BCUT2D eigenvalue weighted by Crippen LogP contribution is -2.31. The van der Waals surface area contributed by atoms with Gasteiger partial charge in [-0.2, -0.15) is 0 Å². The van der Waals surface area contributed by atoms with Crippen LogP contribution in [0.5, 0.6) is 5.75 Å². The molecule has 0 saturated carbocycles. The average Bonchev–Trinajstić information content (AvgIpc) is 2.69. The van der Waals surface area contributed by atoms with Crippen molar-refractivity contribution in [3.05, 3.63) is 87.0 Å². The number of nitrogens with one attached hydrogen (secondary N) is 1. The van der Waals surface area contributed by atoms with Gasteiger partial charge in [0.05, 0.1) is 4.90 Å². The SMILES string of the molecule is CC(=O)Oc1cc(C)ccc1S(=O)(=O)NS(=O)(=O)c1ccc(C)cc1.Cc1ccc(I)cc1. The molecule has 0 radical (unpaired) electrons. The lowest BCUT2D eigenvalue weighted by Gasteiger charge is -2.12. The predicted octanol–water partition coefficient (Wildman–Crippen LogP) is 4.50. The molecule has 176 valence electrons. The highest BCUT2D eigenvalue weighted by Gasteiger charge is 2.28. The van der Waals surface area contributed by atoms with Crippen molar-refractivity contribution in [2.75, 3.05) is 0 Å². The second-order valence-corrected chi connectivity index (χ2v) is 12.1. The molecule has 0 fully saturated rings. The first-order valence-electron chi connectivity index (χ1n) is 9.67. The summed E-state index contributed by atoms with van der Waals surface area (Å²) in [4.78, 5) is 10.6. The van der Waals surface area contributed by atoms with Gasteiger partial charge in [-0.15, -0.1) is 4.13 Å². The average molecular weight is 601 g/mol. The van der Waals surface area contributed by atoms with E-state index in [-0.39, 0.29) is 10.6 Å². The first-order valence-corrected chi connectivity index (χ1v) is 13.7. The Hall–Kier alpha value is -2.28. The van der Waals surface area contributed by atoms with Gasteiger partial charge in [-0.1, -0.05) is 41.5 Å². The fraction of sp³-hybridized carbons (Fsp3) is 0.174. The van der Waals surface area contributed by atoms with Crippen molar-refractivity contribution >= 4 is 48.6 Å². The molecule has 1 N–H and O–H groups in total. The number of rotatable bonds is 5. The number of benzene rings is 3. The van der Waals surface area contributed by atoms with Crippen LogP contribution in [0.1, 0.15) is 23.6 Å². The minimum atomic E-state index is -4.48. The number of hydrogen-bond acceptors (Lipinski definition) is 6. The molecule has 0 aliphatic heterocycles. The zero-order valence-corrected chi connectivity index (χ0v) is 22.3. The van der Waals surface area contributed by atoms with Crippen LogP contribution in [-0.2, 0) is 24.8 Å². The van der Waals surface area contributed by atoms with Crippen LogP contribution in [0.25, 0.3) is 0 Å². The van der Waals surface area contributed by atoms with E-state index in [0.29, 0.717) is 5.56 Å². The number of hydrogen-bond donors (Lipinski definition) is 1. The summed E-state index contributed by atoms with van der Waals surface area (Å²) in [5.74, 6) is -0.956. The van der Waals surface area contributed by atoms with Crippen molar-refractivity contribution in [2.24, 2.45) is 0 Å². The molecule has 0 saturated heterocycles. The molecule has 0 atom stereocenters. The Morgan fingerprint density at radius 2 is 1.24 bits per heavy atom. The van der Waals surface area contributed by atoms with E-state index in [1.807, 2.05) is 0 Å². The smallest absolute Gasteiger partial charge is 0.308 e. The molecule has 0 bridgehead atoms. The summed E-state index contributed by atoms with van der Waals surface area (Å²) in [6, 6.07) is 18.1. The fourth-order valence-corrected chi connectivity index (χ4v) is 5.93. The predicted molar refractivity (Wildman–Crippen MR) is 135 cm³/mol. The Morgan fingerprint density at radius 1 is 0.758 bits per heavy atom. The van der Waals surface area contributed by atoms with Crippen molar-refractivity contribution in [2.45, 2.75) is 37.5 Å². The quantitative estimate of drug-likeness (QED) is 0.263. The van der Waals surface area contributed by atoms with Crippen LogP contribution in [0, 0.1) is 24.3 Å². The van der Waals surface area contributed by atoms with E-state index in [2.05, 4.69) is 53.8 Å². The minimum absolute atomic E-state index is 0.192. The Balaban J connectivity index is 0.000000405. The third kappa shape index (κ3) is 8.22. The van der Waals surface area contributed by atoms with Gasteiger partial charge in [-0.3, -0.25) is 4.79 Å². The molecule has 3 aromatic carbocycles. The zero-order valence-electron chi connectivity index (χ0n) is 18.5. The largest absolute Gasteiger partial charge is 0.425 e. The Labute approximate surface area is 208 Å². The van der Waals surface area contributed by atoms with Crippen molar-refractivity contribution in [3.63, 3.8) is 0 Å². The summed E-state index contributed by atoms with van der Waals surface area (Å²) in [5.41, 5.74) is 2.81. The molecule has 0 aromatic heterocycles. The molecule has 0 amide bonds. The molecule has 10 heteroatoms. The monoisotopic (exact) mass is 601 g/mol. The molecule has 7 nitrogen and oxygen atoms in total. The number of carbonyl (C=O) groups is 1. The molecule has 3 rings (SSSR count). The number of halogens is 1. The van der Waals surface area contributed by atoms with Crippen LogP contribution in [0.2, 0.25) is 0 Å². The standard InChI is InChI=1S/C16H17NO6S2.C7H7I/c1-11-4-7-14(8-5-11)24(19,20)17-25(21,22)16-9-6-12(2)10-15(16)23-13(3)18;1-6-2-4-7(8)5-3-6/h4-10,17H,1-3H3;2-5H,1H3. The van der Waals surface area contributed by atoms with Gasteiger partial charge in [0.15, 0.2) is 5.75 Å². The number of sulfonamides is 2. The zero-order chi connectivity index (χ0) is 24.8. The fourth-order valence-electron chi connectivity index (χ4n) is 2.56. The lowest BCUT2D eigenvalue weighted by molar-refractivity contribution is -0.132. The number of ether oxygens (including phenoxy) is 1.